The van der Waals surface area contributed by atoms with Crippen molar-refractivity contribution in [2.45, 2.75) is 46.0 Å². The first kappa shape index (κ1) is 13.1. The van der Waals surface area contributed by atoms with Gasteiger partial charge in [0, 0.05) is 0 Å². The van der Waals surface area contributed by atoms with Gasteiger partial charge in [0.15, 0.2) is 5.78 Å². The highest BCUT2D eigenvalue weighted by atomic mass is 16.1. The van der Waals surface area contributed by atoms with Gasteiger partial charge in [0.05, 0.1) is 5.92 Å². The Morgan fingerprint density at radius 2 is 2.00 bits per heavy atom. The van der Waals surface area contributed by atoms with Crippen LogP contribution >= 0.6 is 0 Å². The maximum absolute atomic E-state index is 11.4. The minimum absolute atomic E-state index is 0.0399. The zero-order valence-electron chi connectivity index (χ0n) is 9.16. The second-order valence-corrected chi connectivity index (χ2v) is 3.48. The lowest BCUT2D eigenvalue weighted by Crippen LogP contribution is -2.13. The van der Waals surface area contributed by atoms with Crippen LogP contribution in [-0.4, -0.2) is 12.1 Å². The van der Waals surface area contributed by atoms with Crippen LogP contribution in [0.5, 0.6) is 0 Å². The van der Waals surface area contributed by atoms with Crippen LogP contribution in [0.3, 0.4) is 0 Å². The molecule has 0 aromatic heterocycles. The number of carbonyl (C=O) groups is 2. The lowest BCUT2D eigenvalue weighted by Gasteiger charge is -2.04. The van der Waals surface area contributed by atoms with Gasteiger partial charge in [-0.25, -0.2) is 0 Å². The molecule has 0 radical (unpaired) electrons. The zero-order chi connectivity index (χ0) is 10.8. The first-order valence-corrected chi connectivity index (χ1v) is 5.41. The summed E-state index contributed by atoms with van der Waals surface area (Å²) in [5.74, 6) is -0.454. The summed E-state index contributed by atoms with van der Waals surface area (Å²) < 4.78 is 0. The fourth-order valence-electron chi connectivity index (χ4n) is 1.19. The normalized spacial score (nSPS) is 13.0. The van der Waals surface area contributed by atoms with E-state index in [0.717, 1.165) is 32.0 Å². The minimum atomic E-state index is -0.414. The lowest BCUT2D eigenvalue weighted by molar-refractivity contribution is -0.124. The minimum Gasteiger partial charge on any atom is -0.303 e. The van der Waals surface area contributed by atoms with Crippen LogP contribution in [0.4, 0.5) is 0 Å². The molecule has 0 bridgehead atoms. The van der Waals surface area contributed by atoms with E-state index in [1.165, 1.54) is 0 Å². The quantitative estimate of drug-likeness (QED) is 0.340. The Balaban J connectivity index is 3.97. The molecule has 0 rings (SSSR count). The smallest absolute Gasteiger partial charge is 0.165 e. The Labute approximate surface area is 86.4 Å². The van der Waals surface area contributed by atoms with Crippen molar-refractivity contribution in [2.75, 3.05) is 0 Å². The molecule has 2 nitrogen and oxygen atoms in total. The first-order valence-electron chi connectivity index (χ1n) is 5.41. The third-order valence-electron chi connectivity index (χ3n) is 2.14. The molecule has 1 atom stereocenters. The largest absolute Gasteiger partial charge is 0.303 e. The standard InChI is InChI=1S/C12H20O2/c1-3-5-7-9-12(14)11(10-13)8-6-4-2/h7,9-11H,3-6,8H2,1-2H3/b9-7+. The second-order valence-electron chi connectivity index (χ2n) is 3.48. The van der Waals surface area contributed by atoms with E-state index in [4.69, 9.17) is 0 Å². The number of aldehydes is 1. The molecule has 0 aliphatic carbocycles. The second kappa shape index (κ2) is 8.67. The number of carbonyl (C=O) groups excluding carboxylic acids is 2. The maximum Gasteiger partial charge on any atom is 0.165 e. The topological polar surface area (TPSA) is 34.1 Å². The summed E-state index contributed by atoms with van der Waals surface area (Å²) in [5, 5.41) is 0. The van der Waals surface area contributed by atoms with Crippen molar-refractivity contribution in [3.63, 3.8) is 0 Å². The van der Waals surface area contributed by atoms with Gasteiger partial charge < -0.3 is 4.79 Å². The molecular weight excluding hydrogens is 176 g/mol. The number of rotatable bonds is 8. The molecule has 1 unspecified atom stereocenters. The Morgan fingerprint density at radius 1 is 1.29 bits per heavy atom. The Hall–Kier alpha value is -0.920. The van der Waals surface area contributed by atoms with Crippen molar-refractivity contribution >= 4 is 12.1 Å². The van der Waals surface area contributed by atoms with E-state index < -0.39 is 5.92 Å². The zero-order valence-corrected chi connectivity index (χ0v) is 9.16. The Kier molecular flexibility index (Phi) is 8.10. The van der Waals surface area contributed by atoms with Crippen LogP contribution in [-0.2, 0) is 9.59 Å². The molecule has 0 aliphatic heterocycles. The molecule has 80 valence electrons. The van der Waals surface area contributed by atoms with E-state index in [0.29, 0.717) is 6.42 Å². The van der Waals surface area contributed by atoms with Gasteiger partial charge >= 0.3 is 0 Å². The van der Waals surface area contributed by atoms with Crippen molar-refractivity contribution in [2.24, 2.45) is 5.92 Å². The summed E-state index contributed by atoms with van der Waals surface area (Å²) in [6.45, 7) is 4.11. The molecular formula is C12H20O2. The molecule has 0 aromatic carbocycles. The molecule has 0 spiro atoms. The van der Waals surface area contributed by atoms with Crippen LogP contribution in [0, 0.1) is 5.92 Å². The predicted molar refractivity (Wildman–Crippen MR) is 58.1 cm³/mol. The lowest BCUT2D eigenvalue weighted by atomic mass is 9.98. The molecule has 0 aromatic rings. The van der Waals surface area contributed by atoms with Gasteiger partial charge in [0.1, 0.15) is 6.29 Å². The SMILES string of the molecule is CCC/C=C/C(=O)C(C=O)CCCC. The number of hydrogen-bond donors (Lipinski definition) is 0. The van der Waals surface area contributed by atoms with E-state index in [-0.39, 0.29) is 5.78 Å². The third-order valence-corrected chi connectivity index (χ3v) is 2.14. The maximum atomic E-state index is 11.4. The van der Waals surface area contributed by atoms with Crippen LogP contribution in [0.1, 0.15) is 46.0 Å². The van der Waals surface area contributed by atoms with Gasteiger partial charge in [-0.05, 0) is 18.9 Å². The summed E-state index contributed by atoms with van der Waals surface area (Å²) in [6.07, 6.45) is 8.77. The molecule has 0 heterocycles. The molecule has 0 saturated carbocycles. The highest BCUT2D eigenvalue weighted by Gasteiger charge is 2.13. The van der Waals surface area contributed by atoms with Gasteiger partial charge in [-0.2, -0.15) is 0 Å². The molecule has 0 amide bonds. The Bertz CT molecular complexity index is 194. The first-order chi connectivity index (χ1) is 6.76. The average molecular weight is 196 g/mol. The average Bonchev–Trinajstić information content (AvgIpc) is 2.19. The highest BCUT2D eigenvalue weighted by molar-refractivity contribution is 6.00. The van der Waals surface area contributed by atoms with Gasteiger partial charge in [-0.15, -0.1) is 0 Å². The van der Waals surface area contributed by atoms with E-state index in [1.54, 1.807) is 6.08 Å². The predicted octanol–water partition coefficient (Wildman–Crippen LogP) is 2.92. The van der Waals surface area contributed by atoms with E-state index in [2.05, 4.69) is 13.8 Å². The summed E-state index contributed by atoms with van der Waals surface area (Å²) in [4.78, 5) is 22.1. The fourth-order valence-corrected chi connectivity index (χ4v) is 1.19. The van der Waals surface area contributed by atoms with Gasteiger partial charge in [0.2, 0.25) is 0 Å². The monoisotopic (exact) mass is 196 g/mol. The van der Waals surface area contributed by atoms with E-state index in [9.17, 15) is 9.59 Å². The summed E-state index contributed by atoms with van der Waals surface area (Å²) >= 11 is 0. The van der Waals surface area contributed by atoms with Gasteiger partial charge in [0.25, 0.3) is 0 Å². The fraction of sp³-hybridized carbons (Fsp3) is 0.667. The number of allylic oxidation sites excluding steroid dienone is 2. The summed E-state index contributed by atoms with van der Waals surface area (Å²) in [6, 6.07) is 0. The molecule has 0 aliphatic rings. The molecule has 0 saturated heterocycles. The van der Waals surface area contributed by atoms with Crippen LogP contribution < -0.4 is 0 Å². The molecule has 0 fully saturated rings. The Morgan fingerprint density at radius 3 is 2.50 bits per heavy atom. The van der Waals surface area contributed by atoms with Crippen LogP contribution in [0.2, 0.25) is 0 Å². The van der Waals surface area contributed by atoms with Crippen molar-refractivity contribution in [3.8, 4) is 0 Å². The third kappa shape index (κ3) is 5.68. The van der Waals surface area contributed by atoms with Crippen molar-refractivity contribution in [1.29, 1.82) is 0 Å². The van der Waals surface area contributed by atoms with Crippen molar-refractivity contribution < 1.29 is 9.59 Å². The summed E-state index contributed by atoms with van der Waals surface area (Å²) in [5.41, 5.74) is 0. The highest BCUT2D eigenvalue weighted by Crippen LogP contribution is 2.08. The number of unbranched alkanes of at least 4 members (excludes halogenated alkanes) is 2. The van der Waals surface area contributed by atoms with Gasteiger partial charge in [-0.3, -0.25) is 4.79 Å². The molecule has 14 heavy (non-hydrogen) atoms. The molecule has 2 heteroatoms. The van der Waals surface area contributed by atoms with E-state index in [1.807, 2.05) is 6.08 Å². The van der Waals surface area contributed by atoms with E-state index >= 15 is 0 Å². The van der Waals surface area contributed by atoms with Gasteiger partial charge in [-0.1, -0.05) is 39.2 Å². The number of ketones is 1. The van der Waals surface area contributed by atoms with Crippen LogP contribution in [0.15, 0.2) is 12.2 Å². The van der Waals surface area contributed by atoms with Crippen molar-refractivity contribution in [3.05, 3.63) is 12.2 Å². The molecule has 0 N–H and O–H groups in total. The van der Waals surface area contributed by atoms with Crippen LogP contribution in [0.25, 0.3) is 0 Å². The summed E-state index contributed by atoms with van der Waals surface area (Å²) in [7, 11) is 0. The van der Waals surface area contributed by atoms with Crippen molar-refractivity contribution in [1.82, 2.24) is 0 Å². The number of hydrogen-bond acceptors (Lipinski definition) is 2.